The molecule has 29 heavy (non-hydrogen) atoms. The molecule has 0 unspecified atom stereocenters. The third-order valence-corrected chi connectivity index (χ3v) is 8.12. The summed E-state index contributed by atoms with van der Waals surface area (Å²) in [6.45, 7) is 3.55. The lowest BCUT2D eigenvalue weighted by molar-refractivity contribution is -0.0916. The summed E-state index contributed by atoms with van der Waals surface area (Å²) in [4.78, 5) is 5.31. The summed E-state index contributed by atoms with van der Waals surface area (Å²) in [7, 11) is -1.72. The molecule has 2 heterocycles. The summed E-state index contributed by atoms with van der Waals surface area (Å²) in [5.74, 6) is 0.447. The highest BCUT2D eigenvalue weighted by Crippen LogP contribution is 2.49. The summed E-state index contributed by atoms with van der Waals surface area (Å²) in [5.41, 5.74) is 0.0209. The van der Waals surface area contributed by atoms with Gasteiger partial charge in [-0.2, -0.15) is 8.42 Å². The average Bonchev–Trinajstić information content (AvgIpc) is 3.17. The van der Waals surface area contributed by atoms with Crippen LogP contribution in [0.4, 0.5) is 0 Å². The van der Waals surface area contributed by atoms with Crippen molar-refractivity contribution in [3.63, 3.8) is 0 Å². The molecule has 3 rings (SSSR count). The third-order valence-electron chi connectivity index (χ3n) is 6.21. The number of piperidine rings is 1. The SMILES string of the molecule is COCOC[C@@H]1CCCC[C@]1(c1ccc(CCOS(C)(=O)=O)s1)N1CCCCC1. The molecule has 0 amide bonds. The molecule has 166 valence electrons. The van der Waals surface area contributed by atoms with Crippen molar-refractivity contribution in [2.45, 2.75) is 56.9 Å². The highest BCUT2D eigenvalue weighted by Gasteiger charge is 2.47. The van der Waals surface area contributed by atoms with E-state index in [4.69, 9.17) is 13.7 Å². The fraction of sp³-hybridized carbons (Fsp3) is 0.810. The lowest BCUT2D eigenvalue weighted by Gasteiger charge is -2.52. The van der Waals surface area contributed by atoms with Gasteiger partial charge in [-0.3, -0.25) is 9.08 Å². The van der Waals surface area contributed by atoms with Gasteiger partial charge < -0.3 is 9.47 Å². The van der Waals surface area contributed by atoms with Gasteiger partial charge >= 0.3 is 0 Å². The smallest absolute Gasteiger partial charge is 0.264 e. The van der Waals surface area contributed by atoms with Crippen LogP contribution in [0.3, 0.4) is 0 Å². The van der Waals surface area contributed by atoms with Crippen molar-refractivity contribution in [3.05, 3.63) is 21.9 Å². The molecule has 1 saturated carbocycles. The van der Waals surface area contributed by atoms with E-state index in [-0.39, 0.29) is 12.1 Å². The standard InChI is InChI=1S/C21H35NO5S2/c1-25-17-26-16-18-8-4-5-12-21(18,22-13-6-3-7-14-22)20-10-9-19(28-20)11-15-27-29(2,23)24/h9-10,18H,3-8,11-17H2,1-2H3/t18-,21-/m0/s1. The molecule has 2 fully saturated rings. The van der Waals surface area contributed by atoms with Crippen molar-refractivity contribution < 1.29 is 22.1 Å². The Morgan fingerprint density at radius 1 is 1.17 bits per heavy atom. The number of hydrogen-bond donors (Lipinski definition) is 0. The highest BCUT2D eigenvalue weighted by molar-refractivity contribution is 7.85. The van der Waals surface area contributed by atoms with E-state index in [0.29, 0.717) is 19.1 Å². The van der Waals surface area contributed by atoms with E-state index in [0.717, 1.165) is 32.4 Å². The van der Waals surface area contributed by atoms with Crippen LogP contribution in [0, 0.1) is 5.92 Å². The topological polar surface area (TPSA) is 65.1 Å². The van der Waals surface area contributed by atoms with E-state index in [2.05, 4.69) is 17.0 Å². The number of rotatable bonds is 10. The second-order valence-electron chi connectivity index (χ2n) is 8.23. The van der Waals surface area contributed by atoms with Gasteiger partial charge in [0.15, 0.2) is 0 Å². The van der Waals surface area contributed by atoms with Crippen LogP contribution in [0.25, 0.3) is 0 Å². The van der Waals surface area contributed by atoms with Crippen molar-refractivity contribution in [2.24, 2.45) is 5.92 Å². The van der Waals surface area contributed by atoms with E-state index >= 15 is 0 Å². The zero-order valence-corrected chi connectivity index (χ0v) is 19.4. The number of likely N-dealkylation sites (tertiary alicyclic amines) is 1. The molecule has 0 bridgehead atoms. The average molecular weight is 446 g/mol. The van der Waals surface area contributed by atoms with Crippen molar-refractivity contribution in [2.75, 3.05) is 46.5 Å². The van der Waals surface area contributed by atoms with Crippen molar-refractivity contribution in [1.82, 2.24) is 4.90 Å². The van der Waals surface area contributed by atoms with Crippen molar-refractivity contribution in [1.29, 1.82) is 0 Å². The van der Waals surface area contributed by atoms with Crippen LogP contribution >= 0.6 is 11.3 Å². The van der Waals surface area contributed by atoms with Gasteiger partial charge in [0.1, 0.15) is 6.79 Å². The normalized spacial score (nSPS) is 26.6. The maximum absolute atomic E-state index is 11.3. The van der Waals surface area contributed by atoms with Gasteiger partial charge in [-0.05, 0) is 50.9 Å². The molecule has 6 nitrogen and oxygen atoms in total. The first kappa shape index (κ1) is 23.2. The van der Waals surface area contributed by atoms with Gasteiger partial charge in [-0.15, -0.1) is 11.3 Å². The van der Waals surface area contributed by atoms with Gasteiger partial charge in [0.25, 0.3) is 10.1 Å². The molecule has 0 aromatic carbocycles. The van der Waals surface area contributed by atoms with Crippen molar-refractivity contribution >= 4 is 21.5 Å². The maximum Gasteiger partial charge on any atom is 0.264 e. The van der Waals surface area contributed by atoms with E-state index in [1.54, 1.807) is 7.11 Å². The minimum atomic E-state index is -3.39. The first-order valence-electron chi connectivity index (χ1n) is 10.7. The van der Waals surface area contributed by atoms with E-state index in [1.807, 2.05) is 11.3 Å². The van der Waals surface area contributed by atoms with Crippen molar-refractivity contribution in [3.8, 4) is 0 Å². The van der Waals surface area contributed by atoms with E-state index in [1.165, 1.54) is 48.3 Å². The lowest BCUT2D eigenvalue weighted by atomic mass is 9.70. The van der Waals surface area contributed by atoms with Crippen LogP contribution in [-0.4, -0.2) is 59.8 Å². The summed E-state index contributed by atoms with van der Waals surface area (Å²) in [6.07, 6.45) is 10.4. The number of hydrogen-bond acceptors (Lipinski definition) is 7. The second kappa shape index (κ2) is 10.7. The Balaban J connectivity index is 1.82. The summed E-state index contributed by atoms with van der Waals surface area (Å²) < 4.78 is 38.5. The second-order valence-corrected chi connectivity index (χ2v) is 11.0. The number of thiophene rings is 1. The minimum absolute atomic E-state index is 0.0209. The Hall–Kier alpha value is -0.510. The van der Waals surface area contributed by atoms with E-state index in [9.17, 15) is 8.42 Å². The summed E-state index contributed by atoms with van der Waals surface area (Å²) >= 11 is 1.82. The third kappa shape index (κ3) is 6.02. The molecule has 1 aliphatic heterocycles. The van der Waals surface area contributed by atoms with Gasteiger partial charge in [-0.25, -0.2) is 0 Å². The Morgan fingerprint density at radius 3 is 2.69 bits per heavy atom. The summed E-state index contributed by atoms with van der Waals surface area (Å²) in [6, 6.07) is 4.42. The van der Waals surface area contributed by atoms with Gasteiger partial charge in [0.2, 0.25) is 0 Å². The molecular weight excluding hydrogens is 410 g/mol. The predicted octanol–water partition coefficient (Wildman–Crippen LogP) is 3.76. The zero-order chi connectivity index (χ0) is 20.7. The first-order valence-corrected chi connectivity index (χ1v) is 13.3. The molecule has 0 N–H and O–H groups in total. The fourth-order valence-corrected chi connectivity index (χ4v) is 6.65. The number of nitrogens with zero attached hydrogens (tertiary/aromatic N) is 1. The summed E-state index contributed by atoms with van der Waals surface area (Å²) in [5, 5.41) is 0. The van der Waals surface area contributed by atoms with Crippen LogP contribution in [0.5, 0.6) is 0 Å². The van der Waals surface area contributed by atoms with E-state index < -0.39 is 10.1 Å². The van der Waals surface area contributed by atoms with Crippen LogP contribution < -0.4 is 0 Å². The van der Waals surface area contributed by atoms with Crippen LogP contribution in [-0.2, 0) is 35.7 Å². The molecule has 2 aliphatic rings. The van der Waals surface area contributed by atoms with Crippen LogP contribution in [0.15, 0.2) is 12.1 Å². The number of methoxy groups -OCH3 is 1. The van der Waals surface area contributed by atoms with Gasteiger partial charge in [-0.1, -0.05) is 19.3 Å². The molecule has 8 heteroatoms. The molecule has 0 radical (unpaired) electrons. The number of ether oxygens (including phenoxy) is 2. The highest BCUT2D eigenvalue weighted by atomic mass is 32.2. The molecule has 1 aromatic heterocycles. The predicted molar refractivity (Wildman–Crippen MR) is 116 cm³/mol. The van der Waals surface area contributed by atoms with Crippen LogP contribution in [0.1, 0.15) is 54.7 Å². The molecular formula is C21H35NO5S2. The molecule has 1 aromatic rings. The Bertz CT molecular complexity index is 729. The maximum atomic E-state index is 11.3. The molecule has 2 atom stereocenters. The quantitative estimate of drug-likeness (QED) is 0.310. The molecule has 1 saturated heterocycles. The van der Waals surface area contributed by atoms with Crippen LogP contribution in [0.2, 0.25) is 0 Å². The van der Waals surface area contributed by atoms with Gasteiger partial charge in [0.05, 0.1) is 25.0 Å². The largest absolute Gasteiger partial charge is 0.359 e. The Morgan fingerprint density at radius 2 is 1.97 bits per heavy atom. The minimum Gasteiger partial charge on any atom is -0.359 e. The molecule has 1 aliphatic carbocycles. The Kier molecular flexibility index (Phi) is 8.53. The zero-order valence-electron chi connectivity index (χ0n) is 17.7. The fourth-order valence-electron chi connectivity index (χ4n) is 4.95. The Labute approximate surface area is 179 Å². The monoisotopic (exact) mass is 445 g/mol. The lowest BCUT2D eigenvalue weighted by Crippen LogP contribution is -2.55. The first-order chi connectivity index (χ1) is 14.0. The molecule has 0 spiro atoms. The van der Waals surface area contributed by atoms with Gasteiger partial charge in [0, 0.05) is 29.2 Å².